The molecule has 18 heavy (non-hydrogen) atoms. The second-order valence-electron chi connectivity index (χ2n) is 4.91. The van der Waals surface area contributed by atoms with Gasteiger partial charge < -0.3 is 5.11 Å². The molecule has 0 heterocycles. The Kier molecular flexibility index (Phi) is 6.37. The van der Waals surface area contributed by atoms with Crippen molar-refractivity contribution in [1.82, 2.24) is 4.90 Å². The normalized spacial score (nSPS) is 14.8. The minimum atomic E-state index is -0.401. The first-order valence-corrected chi connectivity index (χ1v) is 7.14. The highest BCUT2D eigenvalue weighted by Gasteiger charge is 2.21. The molecule has 0 spiro atoms. The Hall–Kier alpha value is -0.860. The van der Waals surface area contributed by atoms with E-state index in [0.717, 1.165) is 31.5 Å². The number of hydrogen-bond acceptors (Lipinski definition) is 2. The average Bonchev–Trinajstić information content (AvgIpc) is 2.43. The quantitative estimate of drug-likeness (QED) is 0.800. The number of hydrogen-bond donors (Lipinski definition) is 1. The van der Waals surface area contributed by atoms with Crippen LogP contribution in [0, 0.1) is 0 Å². The number of benzene rings is 1. The monoisotopic (exact) mass is 249 g/mol. The molecule has 2 unspecified atom stereocenters. The lowest BCUT2D eigenvalue weighted by Crippen LogP contribution is -2.37. The van der Waals surface area contributed by atoms with Gasteiger partial charge in [0.1, 0.15) is 0 Å². The molecule has 2 atom stereocenters. The molecule has 0 aliphatic heterocycles. The molecule has 1 aromatic carbocycles. The van der Waals surface area contributed by atoms with Crippen LogP contribution in [0.25, 0.3) is 0 Å². The average molecular weight is 249 g/mol. The second-order valence-corrected chi connectivity index (χ2v) is 4.91. The van der Waals surface area contributed by atoms with E-state index in [1.807, 2.05) is 0 Å². The third-order valence-electron chi connectivity index (χ3n) is 3.68. The lowest BCUT2D eigenvalue weighted by atomic mass is 10.00. The van der Waals surface area contributed by atoms with Gasteiger partial charge in [0.05, 0.1) is 6.10 Å². The zero-order valence-electron chi connectivity index (χ0n) is 12.2. The number of nitrogens with zero attached hydrogens (tertiary/aromatic N) is 1. The van der Waals surface area contributed by atoms with Crippen LogP contribution >= 0.6 is 0 Å². The van der Waals surface area contributed by atoms with Crippen molar-refractivity contribution in [3.05, 3.63) is 35.4 Å². The smallest absolute Gasteiger partial charge is 0.0942 e. The Balaban J connectivity index is 2.74. The van der Waals surface area contributed by atoms with Crippen LogP contribution in [0.1, 0.15) is 51.3 Å². The van der Waals surface area contributed by atoms with Gasteiger partial charge >= 0.3 is 0 Å². The number of aryl methyl sites for hydroxylation is 1. The highest BCUT2D eigenvalue weighted by molar-refractivity contribution is 5.24. The molecule has 1 aromatic rings. The van der Waals surface area contributed by atoms with Crippen LogP contribution in [0.5, 0.6) is 0 Å². The van der Waals surface area contributed by atoms with E-state index in [-0.39, 0.29) is 6.04 Å². The van der Waals surface area contributed by atoms with E-state index in [4.69, 9.17) is 0 Å². The largest absolute Gasteiger partial charge is 0.387 e. The van der Waals surface area contributed by atoms with Crippen LogP contribution in [-0.2, 0) is 6.42 Å². The van der Waals surface area contributed by atoms with Crippen LogP contribution in [-0.4, -0.2) is 29.1 Å². The van der Waals surface area contributed by atoms with Crippen molar-refractivity contribution in [2.45, 2.75) is 52.7 Å². The fourth-order valence-electron chi connectivity index (χ4n) is 2.37. The molecule has 0 aromatic heterocycles. The topological polar surface area (TPSA) is 23.5 Å². The van der Waals surface area contributed by atoms with Crippen molar-refractivity contribution in [1.29, 1.82) is 0 Å². The van der Waals surface area contributed by atoms with E-state index < -0.39 is 6.10 Å². The zero-order valence-corrected chi connectivity index (χ0v) is 12.2. The Bertz CT molecular complexity index is 333. The summed E-state index contributed by atoms with van der Waals surface area (Å²) in [5.74, 6) is 0. The van der Waals surface area contributed by atoms with Gasteiger partial charge in [-0.1, -0.05) is 45.0 Å². The predicted molar refractivity (Wildman–Crippen MR) is 77.8 cm³/mol. The summed E-state index contributed by atoms with van der Waals surface area (Å²) in [6, 6.07) is 8.50. The molecule has 0 radical (unpaired) electrons. The summed E-state index contributed by atoms with van der Waals surface area (Å²) in [7, 11) is 0. The third-order valence-corrected chi connectivity index (χ3v) is 3.68. The van der Waals surface area contributed by atoms with Crippen molar-refractivity contribution in [2.75, 3.05) is 13.1 Å². The van der Waals surface area contributed by atoms with Gasteiger partial charge in [0.2, 0.25) is 0 Å². The lowest BCUT2D eigenvalue weighted by molar-refractivity contribution is 0.0607. The van der Waals surface area contributed by atoms with Gasteiger partial charge in [0, 0.05) is 6.04 Å². The van der Waals surface area contributed by atoms with Gasteiger partial charge in [-0.3, -0.25) is 4.90 Å². The second kappa shape index (κ2) is 7.55. The first kappa shape index (κ1) is 15.2. The standard InChI is InChI=1S/C16H27NO/c1-5-12-17(7-3)13(4)16(18)15-10-8-14(6-2)9-11-15/h8-11,13,16,18H,5-7,12H2,1-4H3. The molecular weight excluding hydrogens is 222 g/mol. The minimum absolute atomic E-state index is 0.169. The fraction of sp³-hybridized carbons (Fsp3) is 0.625. The van der Waals surface area contributed by atoms with Crippen molar-refractivity contribution >= 4 is 0 Å². The third kappa shape index (κ3) is 3.82. The highest BCUT2D eigenvalue weighted by Crippen LogP contribution is 2.21. The van der Waals surface area contributed by atoms with Crippen molar-refractivity contribution in [2.24, 2.45) is 0 Å². The Morgan fingerprint density at radius 3 is 2.17 bits per heavy atom. The van der Waals surface area contributed by atoms with E-state index >= 15 is 0 Å². The summed E-state index contributed by atoms with van der Waals surface area (Å²) in [6.45, 7) is 10.6. The molecule has 0 aliphatic rings. The van der Waals surface area contributed by atoms with Gasteiger partial charge in [0.25, 0.3) is 0 Å². The number of aliphatic hydroxyl groups is 1. The SMILES string of the molecule is CCCN(CC)C(C)C(O)c1ccc(CC)cc1. The molecule has 2 heteroatoms. The summed E-state index contributed by atoms with van der Waals surface area (Å²) >= 11 is 0. The summed E-state index contributed by atoms with van der Waals surface area (Å²) in [5, 5.41) is 10.4. The van der Waals surface area contributed by atoms with Gasteiger partial charge in [-0.2, -0.15) is 0 Å². The van der Waals surface area contributed by atoms with Crippen LogP contribution in [0.4, 0.5) is 0 Å². The van der Waals surface area contributed by atoms with Crippen molar-refractivity contribution < 1.29 is 5.11 Å². The summed E-state index contributed by atoms with van der Waals surface area (Å²) < 4.78 is 0. The van der Waals surface area contributed by atoms with Gasteiger partial charge in [-0.05, 0) is 44.0 Å². The van der Waals surface area contributed by atoms with Gasteiger partial charge in [-0.25, -0.2) is 0 Å². The molecule has 0 fully saturated rings. The van der Waals surface area contributed by atoms with E-state index in [0.29, 0.717) is 0 Å². The number of aliphatic hydroxyl groups excluding tert-OH is 1. The molecule has 0 aliphatic carbocycles. The molecule has 0 bridgehead atoms. The summed E-state index contributed by atoms with van der Waals surface area (Å²) in [5.41, 5.74) is 2.34. The molecule has 1 N–H and O–H groups in total. The molecule has 0 saturated carbocycles. The molecular formula is C16H27NO. The van der Waals surface area contributed by atoms with Crippen molar-refractivity contribution in [3.63, 3.8) is 0 Å². The first-order chi connectivity index (χ1) is 8.63. The number of likely N-dealkylation sites (N-methyl/N-ethyl adjacent to an activating group) is 1. The Labute approximate surface area is 112 Å². The van der Waals surface area contributed by atoms with Crippen LogP contribution in [0.3, 0.4) is 0 Å². The molecule has 0 amide bonds. The zero-order chi connectivity index (χ0) is 13.5. The lowest BCUT2D eigenvalue weighted by Gasteiger charge is -2.31. The van der Waals surface area contributed by atoms with Crippen LogP contribution in [0.2, 0.25) is 0 Å². The minimum Gasteiger partial charge on any atom is -0.387 e. The molecule has 0 saturated heterocycles. The maximum Gasteiger partial charge on any atom is 0.0942 e. The predicted octanol–water partition coefficient (Wildman–Crippen LogP) is 3.40. The maximum absolute atomic E-state index is 10.4. The van der Waals surface area contributed by atoms with Gasteiger partial charge in [-0.15, -0.1) is 0 Å². The highest BCUT2D eigenvalue weighted by atomic mass is 16.3. The number of rotatable bonds is 7. The van der Waals surface area contributed by atoms with E-state index in [1.165, 1.54) is 5.56 Å². The molecule has 2 nitrogen and oxygen atoms in total. The maximum atomic E-state index is 10.4. The fourth-order valence-corrected chi connectivity index (χ4v) is 2.37. The Morgan fingerprint density at radius 1 is 1.11 bits per heavy atom. The molecule has 1 rings (SSSR count). The van der Waals surface area contributed by atoms with E-state index in [9.17, 15) is 5.11 Å². The summed E-state index contributed by atoms with van der Waals surface area (Å²) in [4.78, 5) is 2.33. The van der Waals surface area contributed by atoms with Gasteiger partial charge in [0.15, 0.2) is 0 Å². The first-order valence-electron chi connectivity index (χ1n) is 7.14. The van der Waals surface area contributed by atoms with Crippen LogP contribution < -0.4 is 0 Å². The van der Waals surface area contributed by atoms with Crippen molar-refractivity contribution in [3.8, 4) is 0 Å². The van der Waals surface area contributed by atoms with E-state index in [1.54, 1.807) is 0 Å². The Morgan fingerprint density at radius 2 is 1.72 bits per heavy atom. The van der Waals surface area contributed by atoms with E-state index in [2.05, 4.69) is 56.9 Å². The van der Waals surface area contributed by atoms with Crippen LogP contribution in [0.15, 0.2) is 24.3 Å². The molecule has 102 valence electrons. The summed E-state index contributed by atoms with van der Waals surface area (Å²) in [6.07, 6.45) is 1.77.